The maximum absolute atomic E-state index is 12.8. The summed E-state index contributed by atoms with van der Waals surface area (Å²) >= 11 is 0. The van der Waals surface area contributed by atoms with E-state index in [4.69, 9.17) is 9.84 Å². The number of carboxylic acid groups (broad SMARTS) is 1. The first-order valence-electron chi connectivity index (χ1n) is 11.3. The van der Waals surface area contributed by atoms with Crippen LogP contribution in [0.25, 0.3) is 11.1 Å². The number of aromatic nitrogens is 2. The molecular formula is C26H26F3N3O4. The van der Waals surface area contributed by atoms with Gasteiger partial charge < -0.3 is 15.2 Å². The van der Waals surface area contributed by atoms with Crippen molar-refractivity contribution in [1.82, 2.24) is 15.3 Å². The van der Waals surface area contributed by atoms with Gasteiger partial charge in [0.15, 0.2) is 0 Å². The Morgan fingerprint density at radius 1 is 0.972 bits per heavy atom. The predicted molar refractivity (Wildman–Crippen MR) is 126 cm³/mol. The Morgan fingerprint density at radius 2 is 1.58 bits per heavy atom. The van der Waals surface area contributed by atoms with Gasteiger partial charge >= 0.3 is 18.2 Å². The topological polar surface area (TPSA) is 101 Å². The number of alkyl halides is 3. The van der Waals surface area contributed by atoms with Gasteiger partial charge in [-0.3, -0.25) is 9.59 Å². The number of hydrogen-bond donors (Lipinski definition) is 2. The first-order valence-corrected chi connectivity index (χ1v) is 11.3. The second-order valence-electron chi connectivity index (χ2n) is 8.59. The molecule has 2 aromatic carbocycles. The van der Waals surface area contributed by atoms with Gasteiger partial charge in [0.1, 0.15) is 6.10 Å². The molecule has 1 aromatic heterocycles. The highest BCUT2D eigenvalue weighted by Crippen LogP contribution is 2.31. The zero-order valence-corrected chi connectivity index (χ0v) is 19.7. The van der Waals surface area contributed by atoms with E-state index < -0.39 is 23.8 Å². The lowest BCUT2D eigenvalue weighted by Gasteiger charge is -2.20. The molecule has 2 N–H and O–H groups in total. The van der Waals surface area contributed by atoms with E-state index in [0.717, 1.165) is 17.7 Å². The fourth-order valence-corrected chi connectivity index (χ4v) is 3.42. The Bertz CT molecular complexity index is 1160. The number of aliphatic carboxylic acids is 1. The van der Waals surface area contributed by atoms with E-state index >= 15 is 0 Å². The highest BCUT2D eigenvalue weighted by atomic mass is 19.4. The van der Waals surface area contributed by atoms with Crippen LogP contribution in [0.2, 0.25) is 0 Å². The van der Waals surface area contributed by atoms with Crippen LogP contribution in [0.5, 0.6) is 6.01 Å². The van der Waals surface area contributed by atoms with Crippen molar-refractivity contribution in [3.8, 4) is 17.1 Å². The molecule has 1 atom stereocenters. The van der Waals surface area contributed by atoms with Crippen molar-refractivity contribution >= 4 is 11.9 Å². The smallest absolute Gasteiger partial charge is 0.416 e. The molecule has 3 rings (SSSR count). The fourth-order valence-electron chi connectivity index (χ4n) is 3.42. The lowest BCUT2D eigenvalue weighted by molar-refractivity contribution is -0.138. The summed E-state index contributed by atoms with van der Waals surface area (Å²) < 4.78 is 44.4. The molecule has 0 spiro atoms. The van der Waals surface area contributed by atoms with Crippen molar-refractivity contribution in [1.29, 1.82) is 0 Å². The molecule has 0 saturated heterocycles. The van der Waals surface area contributed by atoms with E-state index in [0.29, 0.717) is 23.1 Å². The molecule has 1 heterocycles. The zero-order chi connectivity index (χ0) is 26.3. The number of benzene rings is 2. The molecular weight excluding hydrogens is 475 g/mol. The monoisotopic (exact) mass is 501 g/mol. The van der Waals surface area contributed by atoms with Crippen LogP contribution in [-0.4, -0.2) is 33.5 Å². The minimum atomic E-state index is -4.40. The van der Waals surface area contributed by atoms with Crippen LogP contribution in [0.15, 0.2) is 60.9 Å². The van der Waals surface area contributed by atoms with Crippen molar-refractivity contribution in [3.63, 3.8) is 0 Å². The minimum absolute atomic E-state index is 0.0365. The van der Waals surface area contributed by atoms with Crippen molar-refractivity contribution in [2.45, 2.75) is 39.0 Å². The van der Waals surface area contributed by atoms with E-state index in [1.165, 1.54) is 24.5 Å². The van der Waals surface area contributed by atoms with Gasteiger partial charge in [0, 0.05) is 30.1 Å². The van der Waals surface area contributed by atoms with Gasteiger partial charge in [-0.15, -0.1) is 0 Å². The number of nitrogens with zero attached hydrogens (tertiary/aromatic N) is 2. The number of amides is 1. The number of hydrogen-bond acceptors (Lipinski definition) is 5. The number of carbonyl (C=O) groups excluding carboxylic acids is 1. The van der Waals surface area contributed by atoms with Crippen LogP contribution in [0.3, 0.4) is 0 Å². The van der Waals surface area contributed by atoms with Gasteiger partial charge in [-0.1, -0.05) is 38.1 Å². The first-order chi connectivity index (χ1) is 17.0. The predicted octanol–water partition coefficient (Wildman–Crippen LogP) is 5.53. The van der Waals surface area contributed by atoms with Crippen molar-refractivity contribution in [2.75, 3.05) is 6.54 Å². The average molecular weight is 502 g/mol. The molecule has 36 heavy (non-hydrogen) atoms. The molecule has 0 radical (unpaired) electrons. The highest BCUT2D eigenvalue weighted by molar-refractivity contribution is 5.94. The van der Waals surface area contributed by atoms with Gasteiger partial charge in [-0.2, -0.15) is 13.2 Å². The summed E-state index contributed by atoms with van der Waals surface area (Å²) in [7, 11) is 0. The Kier molecular flexibility index (Phi) is 8.63. The van der Waals surface area contributed by atoms with Crippen LogP contribution in [-0.2, 0) is 11.0 Å². The third-order valence-electron chi connectivity index (χ3n) is 5.28. The molecule has 10 heteroatoms. The quantitative estimate of drug-likeness (QED) is 0.379. The molecule has 0 saturated carbocycles. The van der Waals surface area contributed by atoms with E-state index in [9.17, 15) is 22.8 Å². The molecule has 0 bridgehead atoms. The number of rotatable bonds is 10. The van der Waals surface area contributed by atoms with Gasteiger partial charge in [0.25, 0.3) is 5.91 Å². The summed E-state index contributed by atoms with van der Waals surface area (Å²) in [5.41, 5.74) is 1.57. The van der Waals surface area contributed by atoms with E-state index in [1.807, 2.05) is 13.8 Å². The van der Waals surface area contributed by atoms with Crippen molar-refractivity contribution in [2.24, 2.45) is 5.92 Å². The highest BCUT2D eigenvalue weighted by Gasteiger charge is 2.30. The molecule has 1 unspecified atom stereocenters. The molecule has 0 aliphatic heterocycles. The van der Waals surface area contributed by atoms with Crippen LogP contribution < -0.4 is 10.1 Å². The third kappa shape index (κ3) is 7.53. The maximum atomic E-state index is 12.8. The average Bonchev–Trinajstić information content (AvgIpc) is 2.83. The summed E-state index contributed by atoms with van der Waals surface area (Å²) in [5.74, 6) is -1.08. The SMILES string of the molecule is CC(C)CC(Oc1ncc(-c2ccc(C(F)(F)F)cc2)cn1)c1ccc(C(=O)NCCC(=O)O)cc1. The molecule has 0 aliphatic carbocycles. The van der Waals surface area contributed by atoms with Gasteiger partial charge in [0.2, 0.25) is 0 Å². The first kappa shape index (κ1) is 26.7. The summed E-state index contributed by atoms with van der Waals surface area (Å²) in [6, 6.07) is 11.7. The number of halogens is 3. The molecule has 1 amide bonds. The fraction of sp³-hybridized carbons (Fsp3) is 0.308. The Hall–Kier alpha value is -3.95. The molecule has 0 aliphatic rings. The Balaban J connectivity index is 1.70. The van der Waals surface area contributed by atoms with Gasteiger partial charge in [-0.05, 0) is 47.7 Å². The van der Waals surface area contributed by atoms with E-state index in [1.54, 1.807) is 24.3 Å². The number of nitrogens with one attached hydrogen (secondary N) is 1. The molecule has 190 valence electrons. The van der Waals surface area contributed by atoms with Crippen molar-refractivity contribution in [3.05, 3.63) is 77.6 Å². The van der Waals surface area contributed by atoms with E-state index in [2.05, 4.69) is 15.3 Å². The third-order valence-corrected chi connectivity index (χ3v) is 5.28. The van der Waals surface area contributed by atoms with Crippen LogP contribution in [0.4, 0.5) is 13.2 Å². The molecule has 7 nitrogen and oxygen atoms in total. The minimum Gasteiger partial charge on any atom is -0.481 e. The van der Waals surface area contributed by atoms with Crippen LogP contribution in [0, 0.1) is 5.92 Å². The van der Waals surface area contributed by atoms with Gasteiger partial charge in [-0.25, -0.2) is 9.97 Å². The normalized spacial score (nSPS) is 12.3. The number of ether oxygens (including phenoxy) is 1. The Morgan fingerprint density at radius 3 is 2.11 bits per heavy atom. The largest absolute Gasteiger partial charge is 0.481 e. The van der Waals surface area contributed by atoms with Crippen molar-refractivity contribution < 1.29 is 32.6 Å². The van der Waals surface area contributed by atoms with E-state index in [-0.39, 0.29) is 30.8 Å². The summed E-state index contributed by atoms with van der Waals surface area (Å²) in [4.78, 5) is 31.2. The standard InChI is InChI=1S/C26H26F3N3O4/c1-16(2)13-22(18-3-5-19(6-4-18)24(35)30-12-11-23(33)34)36-25-31-14-20(15-32-25)17-7-9-21(10-8-17)26(27,28)29/h3-10,14-16,22H,11-13H2,1-2H3,(H,30,35)(H,33,34). The van der Waals surface area contributed by atoms with Crippen LogP contribution >= 0.6 is 0 Å². The number of carbonyl (C=O) groups is 2. The summed E-state index contributed by atoms with van der Waals surface area (Å²) in [6.07, 6.45) is -1.34. The lowest BCUT2D eigenvalue weighted by atomic mass is 9.98. The number of carboxylic acids is 1. The lowest BCUT2D eigenvalue weighted by Crippen LogP contribution is -2.26. The van der Waals surface area contributed by atoms with Crippen LogP contribution in [0.1, 0.15) is 54.3 Å². The molecule has 3 aromatic rings. The Labute approximate surface area is 206 Å². The second kappa shape index (κ2) is 11.7. The van der Waals surface area contributed by atoms with Gasteiger partial charge in [0.05, 0.1) is 12.0 Å². The second-order valence-corrected chi connectivity index (χ2v) is 8.59. The summed E-state index contributed by atoms with van der Waals surface area (Å²) in [5, 5.41) is 11.2. The molecule has 0 fully saturated rings. The summed E-state index contributed by atoms with van der Waals surface area (Å²) in [6.45, 7) is 4.11. The zero-order valence-electron chi connectivity index (χ0n) is 19.7. The maximum Gasteiger partial charge on any atom is 0.416 e.